The molecule has 21 heavy (non-hydrogen) atoms. The molecule has 1 fully saturated rings. The minimum atomic E-state index is -0.418. The minimum Gasteiger partial charge on any atom is -0.391 e. The fourth-order valence-electron chi connectivity index (χ4n) is 2.67. The summed E-state index contributed by atoms with van der Waals surface area (Å²) < 4.78 is 18.5. The maximum atomic E-state index is 13.2. The van der Waals surface area contributed by atoms with Crippen molar-refractivity contribution >= 4 is 16.7 Å². The van der Waals surface area contributed by atoms with Crippen LogP contribution in [0.4, 0.5) is 10.2 Å². The van der Waals surface area contributed by atoms with Gasteiger partial charge >= 0.3 is 0 Å². The highest BCUT2D eigenvalue weighted by Gasteiger charge is 2.21. The Morgan fingerprint density at radius 3 is 2.86 bits per heavy atom. The summed E-state index contributed by atoms with van der Waals surface area (Å²) in [5, 5.41) is 14.2. The Morgan fingerprint density at radius 1 is 1.29 bits per heavy atom. The Labute approximate surface area is 123 Å². The number of hydrogen-bond donors (Lipinski definition) is 2. The number of benzene rings is 1. The zero-order valence-electron chi connectivity index (χ0n) is 11.8. The molecule has 3 rings (SSSR count). The second kappa shape index (κ2) is 6.37. The molecule has 1 aromatic heterocycles. The first kappa shape index (κ1) is 14.2. The third-order valence-electron chi connectivity index (χ3n) is 3.96. The van der Waals surface area contributed by atoms with Crippen LogP contribution in [0.3, 0.4) is 0 Å². The van der Waals surface area contributed by atoms with E-state index in [1.807, 2.05) is 12.1 Å². The molecule has 1 aliphatic rings. The summed E-state index contributed by atoms with van der Waals surface area (Å²) in [6.45, 7) is 1.88. The number of hydrogen-bond acceptors (Lipinski definition) is 4. The molecule has 0 aliphatic carbocycles. The van der Waals surface area contributed by atoms with Crippen molar-refractivity contribution < 1.29 is 14.2 Å². The van der Waals surface area contributed by atoms with Gasteiger partial charge in [-0.1, -0.05) is 0 Å². The van der Waals surface area contributed by atoms with E-state index < -0.39 is 6.10 Å². The highest BCUT2D eigenvalue weighted by atomic mass is 19.1. The number of aliphatic hydroxyl groups is 1. The number of nitrogens with zero attached hydrogens (tertiary/aromatic N) is 1. The lowest BCUT2D eigenvalue weighted by Crippen LogP contribution is -2.32. The zero-order chi connectivity index (χ0) is 14.7. The topological polar surface area (TPSA) is 54.4 Å². The van der Waals surface area contributed by atoms with Crippen LogP contribution < -0.4 is 5.32 Å². The second-order valence-electron chi connectivity index (χ2n) is 5.43. The molecule has 1 aliphatic heterocycles. The van der Waals surface area contributed by atoms with Crippen LogP contribution >= 0.6 is 0 Å². The molecule has 2 aromatic rings. The van der Waals surface area contributed by atoms with Crippen molar-refractivity contribution in [2.24, 2.45) is 5.92 Å². The maximum absolute atomic E-state index is 13.2. The molecule has 0 radical (unpaired) electrons. The molecule has 1 saturated heterocycles. The molecule has 0 amide bonds. The van der Waals surface area contributed by atoms with Crippen molar-refractivity contribution in [2.45, 2.75) is 18.9 Å². The highest BCUT2D eigenvalue weighted by molar-refractivity contribution is 5.80. The van der Waals surface area contributed by atoms with Gasteiger partial charge in [0.15, 0.2) is 0 Å². The predicted molar refractivity (Wildman–Crippen MR) is 79.7 cm³/mol. The lowest BCUT2D eigenvalue weighted by molar-refractivity contribution is 0.0131. The van der Waals surface area contributed by atoms with Crippen molar-refractivity contribution in [3.8, 4) is 0 Å². The van der Waals surface area contributed by atoms with E-state index in [-0.39, 0.29) is 11.7 Å². The largest absolute Gasteiger partial charge is 0.391 e. The van der Waals surface area contributed by atoms with E-state index in [0.29, 0.717) is 17.9 Å². The summed E-state index contributed by atoms with van der Waals surface area (Å²) in [5.41, 5.74) is 0.612. The number of aliphatic hydroxyl groups excluding tert-OH is 1. The lowest BCUT2D eigenvalue weighted by Gasteiger charge is -2.26. The van der Waals surface area contributed by atoms with Crippen molar-refractivity contribution in [3.63, 3.8) is 0 Å². The first-order valence-corrected chi connectivity index (χ1v) is 7.28. The maximum Gasteiger partial charge on any atom is 0.126 e. The molecule has 1 aromatic carbocycles. The van der Waals surface area contributed by atoms with Crippen LogP contribution in [0, 0.1) is 11.7 Å². The van der Waals surface area contributed by atoms with Crippen LogP contribution in [0.5, 0.6) is 0 Å². The molecule has 112 valence electrons. The average Bonchev–Trinajstić information content (AvgIpc) is 2.53. The molecule has 0 bridgehead atoms. The number of pyridine rings is 1. The monoisotopic (exact) mass is 290 g/mol. The van der Waals surface area contributed by atoms with Gasteiger partial charge in [-0.3, -0.25) is 0 Å². The molecule has 0 spiro atoms. The molecular weight excluding hydrogens is 271 g/mol. The molecule has 0 unspecified atom stereocenters. The highest BCUT2D eigenvalue weighted by Crippen LogP contribution is 2.20. The molecule has 2 N–H and O–H groups in total. The normalized spacial score (nSPS) is 17.8. The number of rotatable bonds is 4. The number of fused-ring (bicyclic) bond motifs is 1. The Bertz CT molecular complexity index is 614. The van der Waals surface area contributed by atoms with E-state index in [1.54, 1.807) is 6.07 Å². The van der Waals surface area contributed by atoms with Gasteiger partial charge in [0, 0.05) is 31.2 Å². The molecule has 2 heterocycles. The van der Waals surface area contributed by atoms with Crippen LogP contribution in [0.15, 0.2) is 30.3 Å². The molecular formula is C16H19FN2O2. The first-order chi connectivity index (χ1) is 10.2. The van der Waals surface area contributed by atoms with Crippen LogP contribution in [0.25, 0.3) is 10.9 Å². The Kier molecular flexibility index (Phi) is 4.31. The lowest BCUT2D eigenvalue weighted by atomic mass is 9.94. The standard InChI is InChI=1S/C16H19FN2O2/c17-13-3-1-11-2-4-16(19-14(11)9-13)18-10-15(20)12-5-7-21-8-6-12/h1-4,9,12,15,20H,5-8,10H2,(H,18,19)/t15-/m1/s1. The van der Waals surface area contributed by atoms with Gasteiger partial charge in [0.25, 0.3) is 0 Å². The van der Waals surface area contributed by atoms with Crippen LogP contribution in [0.1, 0.15) is 12.8 Å². The molecule has 0 saturated carbocycles. The van der Waals surface area contributed by atoms with Crippen molar-refractivity contribution in [1.82, 2.24) is 4.98 Å². The van der Waals surface area contributed by atoms with Gasteiger partial charge in [0.1, 0.15) is 11.6 Å². The van der Waals surface area contributed by atoms with Crippen molar-refractivity contribution in [2.75, 3.05) is 25.1 Å². The van der Waals surface area contributed by atoms with Gasteiger partial charge in [0.2, 0.25) is 0 Å². The number of nitrogens with one attached hydrogen (secondary N) is 1. The van der Waals surface area contributed by atoms with E-state index in [1.165, 1.54) is 12.1 Å². The van der Waals surface area contributed by atoms with Gasteiger partial charge in [-0.2, -0.15) is 0 Å². The zero-order valence-corrected chi connectivity index (χ0v) is 11.8. The quantitative estimate of drug-likeness (QED) is 0.908. The summed E-state index contributed by atoms with van der Waals surface area (Å²) in [4.78, 5) is 4.37. The summed E-state index contributed by atoms with van der Waals surface area (Å²) in [5.74, 6) is 0.623. The number of halogens is 1. The molecule has 5 heteroatoms. The van der Waals surface area contributed by atoms with Crippen LogP contribution in [-0.4, -0.2) is 36.0 Å². The van der Waals surface area contributed by atoms with Crippen molar-refractivity contribution in [3.05, 3.63) is 36.1 Å². The van der Waals surface area contributed by atoms with E-state index >= 15 is 0 Å². The summed E-state index contributed by atoms with van der Waals surface area (Å²) in [7, 11) is 0. The van der Waals surface area contributed by atoms with Crippen LogP contribution in [0.2, 0.25) is 0 Å². The number of aromatic nitrogens is 1. The molecule has 4 nitrogen and oxygen atoms in total. The summed E-state index contributed by atoms with van der Waals surface area (Å²) in [6, 6.07) is 8.28. The van der Waals surface area contributed by atoms with E-state index in [0.717, 1.165) is 31.4 Å². The SMILES string of the molecule is O[C@H](CNc1ccc2ccc(F)cc2n1)C1CCOCC1. The molecule has 1 atom stereocenters. The van der Waals surface area contributed by atoms with E-state index in [4.69, 9.17) is 4.74 Å². The van der Waals surface area contributed by atoms with Gasteiger partial charge in [0.05, 0.1) is 11.6 Å². The fraction of sp³-hybridized carbons (Fsp3) is 0.438. The summed E-state index contributed by atoms with van der Waals surface area (Å²) >= 11 is 0. The Hall–Kier alpha value is -1.72. The van der Waals surface area contributed by atoms with E-state index in [2.05, 4.69) is 10.3 Å². The number of ether oxygens (including phenoxy) is 1. The fourth-order valence-corrected chi connectivity index (χ4v) is 2.67. The van der Waals surface area contributed by atoms with Gasteiger partial charge in [-0.05, 0) is 43.0 Å². The summed E-state index contributed by atoms with van der Waals surface area (Å²) in [6.07, 6.45) is 1.36. The van der Waals surface area contributed by atoms with Crippen molar-refractivity contribution in [1.29, 1.82) is 0 Å². The van der Waals surface area contributed by atoms with Gasteiger partial charge in [-0.15, -0.1) is 0 Å². The number of anilines is 1. The Morgan fingerprint density at radius 2 is 2.05 bits per heavy atom. The van der Waals surface area contributed by atoms with Crippen LogP contribution in [-0.2, 0) is 4.74 Å². The van der Waals surface area contributed by atoms with E-state index in [9.17, 15) is 9.50 Å². The third kappa shape index (κ3) is 3.49. The minimum absolute atomic E-state index is 0.268. The Balaban J connectivity index is 1.64. The average molecular weight is 290 g/mol. The van der Waals surface area contributed by atoms with Gasteiger partial charge in [-0.25, -0.2) is 9.37 Å². The third-order valence-corrected chi connectivity index (χ3v) is 3.96. The van der Waals surface area contributed by atoms with Gasteiger partial charge < -0.3 is 15.2 Å². The second-order valence-corrected chi connectivity index (χ2v) is 5.43. The smallest absolute Gasteiger partial charge is 0.126 e. The first-order valence-electron chi connectivity index (χ1n) is 7.28. The predicted octanol–water partition coefficient (Wildman–Crippen LogP) is 2.57.